The Bertz CT molecular complexity index is 1210. The maximum absolute atomic E-state index is 13.7. The summed E-state index contributed by atoms with van der Waals surface area (Å²) in [7, 11) is 6.30. The van der Waals surface area contributed by atoms with Gasteiger partial charge in [-0.15, -0.1) is 0 Å². The fourth-order valence-corrected chi connectivity index (χ4v) is 4.52. The SMILES string of the molecule is COc1ccc([C@@H]2[C@H](C(=O)Nc3ccc(OC)cc3OC)CCC(=O)N2c2ccc(OC)cc2)cc1. The Morgan fingerprint density at radius 2 is 1.39 bits per heavy atom. The van der Waals surface area contributed by atoms with Gasteiger partial charge in [-0.25, -0.2) is 0 Å². The monoisotopic (exact) mass is 490 g/mol. The van der Waals surface area contributed by atoms with Crippen LogP contribution in [0.2, 0.25) is 0 Å². The van der Waals surface area contributed by atoms with E-state index in [2.05, 4.69) is 5.32 Å². The van der Waals surface area contributed by atoms with Gasteiger partial charge >= 0.3 is 0 Å². The number of rotatable bonds is 8. The minimum absolute atomic E-state index is 0.0490. The van der Waals surface area contributed by atoms with E-state index >= 15 is 0 Å². The highest BCUT2D eigenvalue weighted by atomic mass is 16.5. The maximum Gasteiger partial charge on any atom is 0.230 e. The fourth-order valence-electron chi connectivity index (χ4n) is 4.52. The van der Waals surface area contributed by atoms with E-state index in [0.29, 0.717) is 40.8 Å². The summed E-state index contributed by atoms with van der Waals surface area (Å²) in [5, 5.41) is 3.01. The van der Waals surface area contributed by atoms with Crippen LogP contribution in [0.4, 0.5) is 11.4 Å². The van der Waals surface area contributed by atoms with Crippen LogP contribution in [-0.2, 0) is 9.59 Å². The summed E-state index contributed by atoms with van der Waals surface area (Å²) in [6, 6.07) is 19.4. The van der Waals surface area contributed by atoms with Gasteiger partial charge in [0, 0.05) is 18.2 Å². The lowest BCUT2D eigenvalue weighted by atomic mass is 9.83. The van der Waals surface area contributed by atoms with E-state index in [1.807, 2.05) is 36.4 Å². The molecule has 0 spiro atoms. The Kier molecular flexibility index (Phi) is 7.63. The molecule has 1 aliphatic heterocycles. The average Bonchev–Trinajstić information content (AvgIpc) is 2.93. The van der Waals surface area contributed by atoms with Crippen molar-refractivity contribution in [1.29, 1.82) is 0 Å². The quantitative estimate of drug-likeness (QED) is 0.486. The molecule has 1 aliphatic rings. The van der Waals surface area contributed by atoms with Gasteiger partial charge in [0.25, 0.3) is 0 Å². The summed E-state index contributed by atoms with van der Waals surface area (Å²) in [5.41, 5.74) is 2.06. The van der Waals surface area contributed by atoms with E-state index in [9.17, 15) is 9.59 Å². The number of anilines is 2. The molecule has 0 unspecified atom stereocenters. The van der Waals surface area contributed by atoms with Gasteiger partial charge in [-0.3, -0.25) is 9.59 Å². The van der Waals surface area contributed by atoms with Crippen molar-refractivity contribution in [2.75, 3.05) is 38.7 Å². The second-order valence-electron chi connectivity index (χ2n) is 8.38. The normalized spacial score (nSPS) is 17.3. The number of amides is 2. The Hall–Kier alpha value is -4.20. The van der Waals surface area contributed by atoms with Crippen molar-refractivity contribution in [2.45, 2.75) is 18.9 Å². The van der Waals surface area contributed by atoms with Crippen molar-refractivity contribution in [3.8, 4) is 23.0 Å². The van der Waals surface area contributed by atoms with E-state index in [1.54, 1.807) is 56.6 Å². The first-order valence-electron chi connectivity index (χ1n) is 11.6. The molecule has 3 aromatic rings. The van der Waals surface area contributed by atoms with Crippen LogP contribution in [0.25, 0.3) is 0 Å². The molecule has 0 saturated carbocycles. The number of piperidine rings is 1. The summed E-state index contributed by atoms with van der Waals surface area (Å²) >= 11 is 0. The van der Waals surface area contributed by atoms with Gasteiger partial charge in [0.2, 0.25) is 11.8 Å². The van der Waals surface area contributed by atoms with Crippen LogP contribution in [0.5, 0.6) is 23.0 Å². The first-order chi connectivity index (χ1) is 17.5. The zero-order valence-electron chi connectivity index (χ0n) is 20.8. The topological polar surface area (TPSA) is 86.3 Å². The molecule has 188 valence electrons. The minimum atomic E-state index is -0.519. The first kappa shape index (κ1) is 24.9. The third kappa shape index (κ3) is 5.07. The lowest BCUT2D eigenvalue weighted by molar-refractivity contribution is -0.125. The smallest absolute Gasteiger partial charge is 0.230 e. The molecule has 0 bridgehead atoms. The Balaban J connectivity index is 1.72. The third-order valence-electron chi connectivity index (χ3n) is 6.41. The number of nitrogens with zero attached hydrogens (tertiary/aromatic N) is 1. The van der Waals surface area contributed by atoms with Crippen molar-refractivity contribution in [3.05, 3.63) is 72.3 Å². The summed E-state index contributed by atoms with van der Waals surface area (Å²) in [5.74, 6) is 1.73. The molecule has 3 aromatic carbocycles. The molecule has 1 heterocycles. The molecule has 1 N–H and O–H groups in total. The molecule has 36 heavy (non-hydrogen) atoms. The zero-order valence-corrected chi connectivity index (χ0v) is 20.8. The molecule has 1 fully saturated rings. The number of hydrogen-bond acceptors (Lipinski definition) is 6. The summed E-state index contributed by atoms with van der Waals surface area (Å²) in [4.78, 5) is 28.7. The van der Waals surface area contributed by atoms with Gasteiger partial charge in [-0.1, -0.05) is 12.1 Å². The van der Waals surface area contributed by atoms with E-state index in [4.69, 9.17) is 18.9 Å². The number of nitrogens with one attached hydrogen (secondary N) is 1. The van der Waals surface area contributed by atoms with E-state index in [1.165, 1.54) is 7.11 Å². The zero-order chi connectivity index (χ0) is 25.7. The van der Waals surface area contributed by atoms with Crippen LogP contribution in [-0.4, -0.2) is 40.3 Å². The number of ether oxygens (including phenoxy) is 4. The molecule has 2 amide bonds. The number of hydrogen-bond donors (Lipinski definition) is 1. The van der Waals surface area contributed by atoms with Gasteiger partial charge < -0.3 is 29.2 Å². The molecular formula is C28H30N2O6. The predicted octanol–water partition coefficient (Wildman–Crippen LogP) is 4.84. The Morgan fingerprint density at radius 3 is 1.97 bits per heavy atom. The van der Waals surface area contributed by atoms with Gasteiger partial charge in [0.15, 0.2) is 0 Å². The average molecular weight is 491 g/mol. The van der Waals surface area contributed by atoms with E-state index < -0.39 is 12.0 Å². The number of methoxy groups -OCH3 is 4. The molecule has 0 aliphatic carbocycles. The Morgan fingerprint density at radius 1 is 0.806 bits per heavy atom. The summed E-state index contributed by atoms with van der Waals surface area (Å²) < 4.78 is 21.3. The van der Waals surface area contributed by atoms with Crippen LogP contribution >= 0.6 is 0 Å². The third-order valence-corrected chi connectivity index (χ3v) is 6.41. The molecule has 4 rings (SSSR count). The summed E-state index contributed by atoms with van der Waals surface area (Å²) in [6.45, 7) is 0. The largest absolute Gasteiger partial charge is 0.497 e. The van der Waals surface area contributed by atoms with Gasteiger partial charge in [0.05, 0.1) is 46.1 Å². The first-order valence-corrected chi connectivity index (χ1v) is 11.6. The lowest BCUT2D eigenvalue weighted by Crippen LogP contribution is -2.47. The number of carbonyl (C=O) groups excluding carboxylic acids is 2. The summed E-state index contributed by atoms with van der Waals surface area (Å²) in [6.07, 6.45) is 0.656. The standard InChI is InChI=1S/C28H30N2O6/c1-33-20-9-5-18(6-10-20)27-23(28(32)29-24-15-13-22(35-3)17-25(24)36-4)14-16-26(31)30(27)19-7-11-21(34-2)12-8-19/h5-13,15,17,23,27H,14,16H2,1-4H3,(H,29,32)/t23-,27-/m1/s1. The lowest BCUT2D eigenvalue weighted by Gasteiger charge is -2.41. The van der Waals surface area contributed by atoms with Crippen molar-refractivity contribution < 1.29 is 28.5 Å². The number of benzene rings is 3. The molecule has 2 atom stereocenters. The second kappa shape index (κ2) is 11.0. The second-order valence-corrected chi connectivity index (χ2v) is 8.38. The number of carbonyl (C=O) groups is 2. The molecular weight excluding hydrogens is 460 g/mol. The van der Waals surface area contributed by atoms with Crippen molar-refractivity contribution in [3.63, 3.8) is 0 Å². The molecule has 8 heteroatoms. The maximum atomic E-state index is 13.7. The van der Waals surface area contributed by atoms with Crippen molar-refractivity contribution in [2.24, 2.45) is 5.92 Å². The van der Waals surface area contributed by atoms with Crippen LogP contribution in [0, 0.1) is 5.92 Å². The van der Waals surface area contributed by atoms with Crippen molar-refractivity contribution in [1.82, 2.24) is 0 Å². The van der Waals surface area contributed by atoms with Gasteiger partial charge in [0.1, 0.15) is 23.0 Å². The molecule has 0 aromatic heterocycles. The van der Waals surface area contributed by atoms with Crippen LogP contribution < -0.4 is 29.2 Å². The molecule has 8 nitrogen and oxygen atoms in total. The van der Waals surface area contributed by atoms with Gasteiger partial charge in [-0.2, -0.15) is 0 Å². The van der Waals surface area contributed by atoms with Crippen molar-refractivity contribution >= 4 is 23.2 Å². The Labute approximate surface area is 210 Å². The predicted molar refractivity (Wildman–Crippen MR) is 137 cm³/mol. The molecule has 1 saturated heterocycles. The van der Waals surface area contributed by atoms with Gasteiger partial charge in [-0.05, 0) is 60.5 Å². The highest BCUT2D eigenvalue weighted by Gasteiger charge is 2.41. The highest BCUT2D eigenvalue weighted by molar-refractivity contribution is 6.00. The minimum Gasteiger partial charge on any atom is -0.497 e. The fraction of sp³-hybridized carbons (Fsp3) is 0.286. The van der Waals surface area contributed by atoms with Crippen LogP contribution in [0.15, 0.2) is 66.7 Å². The molecule has 0 radical (unpaired) electrons. The van der Waals surface area contributed by atoms with Crippen LogP contribution in [0.3, 0.4) is 0 Å². The highest BCUT2D eigenvalue weighted by Crippen LogP contribution is 2.42. The van der Waals surface area contributed by atoms with Crippen LogP contribution in [0.1, 0.15) is 24.4 Å². The van der Waals surface area contributed by atoms with E-state index in [-0.39, 0.29) is 18.2 Å². The van der Waals surface area contributed by atoms with E-state index in [0.717, 1.165) is 5.56 Å².